The van der Waals surface area contributed by atoms with E-state index in [-0.39, 0.29) is 26.1 Å². The van der Waals surface area contributed by atoms with Crippen LogP contribution >= 0.6 is 7.82 Å². The number of hydrogen-bond donors (Lipinski definition) is 0. The van der Waals surface area contributed by atoms with Gasteiger partial charge in [0.2, 0.25) is 0 Å². The Kier molecular flexibility index (Phi) is 34.3. The predicted octanol–water partition coefficient (Wildman–Crippen LogP) is 11.7. The van der Waals surface area contributed by atoms with Gasteiger partial charge in [0.1, 0.15) is 19.8 Å². The molecule has 1 fully saturated rings. The summed E-state index contributed by atoms with van der Waals surface area (Å²) in [5.41, 5.74) is 0. The normalized spacial score (nSPS) is 17.7. The maximum Gasteiger partial charge on any atom is 0.306 e. The number of allylic oxidation sites excluding steroid dienone is 14. The molecule has 11 heteroatoms. The molecule has 10 nitrogen and oxygen atoms in total. The molecule has 0 aromatic carbocycles. The number of esters is 2. The largest absolute Gasteiger partial charge is 0.756 e. The summed E-state index contributed by atoms with van der Waals surface area (Å²) in [6.45, 7) is 3.98. The topological polar surface area (TPSA) is 124 Å². The average molecular weight is 872 g/mol. The number of carbonyl (C=O) groups excluding carboxylic acids is 2. The van der Waals surface area contributed by atoms with Crippen LogP contribution in [-0.4, -0.2) is 82.2 Å². The first-order valence-corrected chi connectivity index (χ1v) is 24.5. The number of phosphoric acid groups is 1. The molecule has 0 radical (unpaired) electrons. The molecule has 0 bridgehead atoms. The van der Waals surface area contributed by atoms with Crippen molar-refractivity contribution in [2.45, 2.75) is 161 Å². The lowest BCUT2D eigenvalue weighted by atomic mass is 10.1. The van der Waals surface area contributed by atoms with Crippen molar-refractivity contribution in [1.29, 1.82) is 0 Å². The smallest absolute Gasteiger partial charge is 0.306 e. The van der Waals surface area contributed by atoms with E-state index in [1.165, 1.54) is 44.9 Å². The molecule has 0 aliphatic carbocycles. The van der Waals surface area contributed by atoms with Crippen LogP contribution in [0.1, 0.15) is 142 Å². The van der Waals surface area contributed by atoms with E-state index < -0.39 is 32.5 Å². The highest BCUT2D eigenvalue weighted by Gasteiger charge is 2.36. The Morgan fingerprint density at radius 1 is 0.590 bits per heavy atom. The summed E-state index contributed by atoms with van der Waals surface area (Å²) in [7, 11) is 1.07. The molecule has 1 rings (SSSR count). The molecule has 0 aromatic heterocycles. The molecular formula is C50H82NO9P. The third-order valence-corrected chi connectivity index (χ3v) is 10.5. The number of ether oxygens (including phenoxy) is 3. The zero-order chi connectivity index (χ0) is 44.7. The van der Waals surface area contributed by atoms with Crippen LogP contribution < -0.4 is 4.89 Å². The minimum Gasteiger partial charge on any atom is -0.756 e. The van der Waals surface area contributed by atoms with E-state index >= 15 is 0 Å². The van der Waals surface area contributed by atoms with Crippen LogP contribution in [0.15, 0.2) is 97.2 Å². The highest BCUT2D eigenvalue weighted by Crippen LogP contribution is 2.38. The van der Waals surface area contributed by atoms with Gasteiger partial charge < -0.3 is 32.6 Å². The molecule has 1 aliphatic heterocycles. The highest BCUT2D eigenvalue weighted by molar-refractivity contribution is 7.45. The average Bonchev–Trinajstić information content (AvgIpc) is 3.97. The number of likely N-dealkylation sites (N-methyl/N-ethyl adjacent to an activating group) is 1. The third kappa shape index (κ3) is 38.3. The summed E-state index contributed by atoms with van der Waals surface area (Å²) in [6, 6.07) is 0. The number of rotatable bonds is 39. The van der Waals surface area contributed by atoms with Gasteiger partial charge in [-0.2, -0.15) is 0 Å². The van der Waals surface area contributed by atoms with E-state index in [0.29, 0.717) is 42.5 Å². The Hall–Kier alpha value is -3.11. The molecule has 1 aliphatic rings. The minimum atomic E-state index is -4.67. The maximum atomic E-state index is 12.7. The molecule has 346 valence electrons. The van der Waals surface area contributed by atoms with E-state index in [9.17, 15) is 19.0 Å². The molecule has 61 heavy (non-hydrogen) atoms. The Morgan fingerprint density at radius 3 is 1.57 bits per heavy atom. The van der Waals surface area contributed by atoms with E-state index in [1.807, 2.05) is 39.4 Å². The van der Waals surface area contributed by atoms with Crippen molar-refractivity contribution in [2.75, 3.05) is 47.5 Å². The summed E-state index contributed by atoms with van der Waals surface area (Å²) >= 11 is 0. The summed E-state index contributed by atoms with van der Waals surface area (Å²) in [5, 5.41) is 0. The molecule has 1 saturated heterocycles. The van der Waals surface area contributed by atoms with Gasteiger partial charge >= 0.3 is 11.9 Å². The summed E-state index contributed by atoms with van der Waals surface area (Å²) in [4.78, 5) is 37.6. The fourth-order valence-corrected chi connectivity index (χ4v) is 6.46. The SMILES string of the molecule is CCCCC/C=C\C/C=C\C/C=C\C/C=C\C/C=C\CCC(=O)OC[C@H](COP(=O)([O-])OCC[N+](C)(C)C)OC(=O)CCC/C=C\C/C=C\CC1OC1C/C=C\CCCCC. The highest BCUT2D eigenvalue weighted by atomic mass is 31.2. The maximum absolute atomic E-state index is 12.7. The third-order valence-electron chi connectivity index (χ3n) is 9.49. The number of phosphoric ester groups is 1. The fourth-order valence-electron chi connectivity index (χ4n) is 5.73. The van der Waals surface area contributed by atoms with Gasteiger partial charge in [-0.25, -0.2) is 0 Å². The summed E-state index contributed by atoms with van der Waals surface area (Å²) in [6.07, 6.45) is 52.0. The van der Waals surface area contributed by atoms with Crippen LogP contribution in [-0.2, 0) is 37.4 Å². The number of carbonyl (C=O) groups is 2. The molecule has 0 amide bonds. The number of quaternary nitrogens is 1. The second kappa shape index (κ2) is 37.4. The number of unbranched alkanes of at least 4 members (excludes halogenated alkanes) is 7. The van der Waals surface area contributed by atoms with Gasteiger partial charge in [-0.15, -0.1) is 0 Å². The van der Waals surface area contributed by atoms with Crippen LogP contribution in [0.4, 0.5) is 0 Å². The van der Waals surface area contributed by atoms with Crippen LogP contribution in [0.3, 0.4) is 0 Å². The Bertz CT molecular complexity index is 1420. The number of epoxide rings is 1. The van der Waals surface area contributed by atoms with Gasteiger partial charge in [-0.3, -0.25) is 14.2 Å². The van der Waals surface area contributed by atoms with Crippen LogP contribution in [0.5, 0.6) is 0 Å². The second-order valence-corrected chi connectivity index (χ2v) is 17.9. The second-order valence-electron chi connectivity index (χ2n) is 16.4. The van der Waals surface area contributed by atoms with E-state index in [0.717, 1.165) is 51.4 Å². The molecule has 4 atom stereocenters. The molecular weight excluding hydrogens is 790 g/mol. The summed E-state index contributed by atoms with van der Waals surface area (Å²) in [5.74, 6) is -1.01. The van der Waals surface area contributed by atoms with E-state index in [4.69, 9.17) is 23.3 Å². The zero-order valence-electron chi connectivity index (χ0n) is 38.5. The molecule has 0 spiro atoms. The van der Waals surface area contributed by atoms with Crippen molar-refractivity contribution in [3.8, 4) is 0 Å². The fraction of sp³-hybridized carbons (Fsp3) is 0.640. The van der Waals surface area contributed by atoms with Gasteiger partial charge in [0.25, 0.3) is 7.82 Å². The van der Waals surface area contributed by atoms with Gasteiger partial charge in [0, 0.05) is 12.8 Å². The van der Waals surface area contributed by atoms with Gasteiger partial charge in [-0.05, 0) is 89.9 Å². The minimum absolute atomic E-state index is 0.0600. The number of nitrogens with zero attached hydrogens (tertiary/aromatic N) is 1. The lowest BCUT2D eigenvalue weighted by Gasteiger charge is -2.28. The van der Waals surface area contributed by atoms with Gasteiger partial charge in [0.15, 0.2) is 6.10 Å². The standard InChI is InChI=1S/C50H82NO9P/c1-6-8-10-12-14-15-16-17-18-19-20-21-22-23-24-25-28-32-36-40-49(52)56-44-46(45-58-61(54,55)57-43-42-51(3,4)5)59-50(53)41-37-33-29-26-27-31-35-39-48-47(60-48)38-34-30-13-11-9-7-2/h14-15,17-18,20-21,23-24,26,28-32,34-35,46-48H,6-13,16,19,22,25,27,33,36-45H2,1-5H3/b15-14-,18-17-,21-20-,24-23-,29-26-,32-28-,34-30-,35-31-/t46-,47?,48?/m1/s1. The zero-order valence-corrected chi connectivity index (χ0v) is 39.4. The molecule has 0 N–H and O–H groups in total. The Balaban J connectivity index is 2.38. The van der Waals surface area contributed by atoms with Crippen LogP contribution in [0, 0.1) is 0 Å². The van der Waals surface area contributed by atoms with Crippen molar-refractivity contribution in [1.82, 2.24) is 0 Å². The Morgan fingerprint density at radius 2 is 1.05 bits per heavy atom. The molecule has 3 unspecified atom stereocenters. The van der Waals surface area contributed by atoms with Crippen LogP contribution in [0.2, 0.25) is 0 Å². The quantitative estimate of drug-likeness (QED) is 0.0148. The van der Waals surface area contributed by atoms with Gasteiger partial charge in [-0.1, -0.05) is 137 Å². The van der Waals surface area contributed by atoms with E-state index in [2.05, 4.69) is 92.8 Å². The van der Waals surface area contributed by atoms with E-state index in [1.54, 1.807) is 0 Å². The lowest BCUT2D eigenvalue weighted by molar-refractivity contribution is -0.870. The van der Waals surface area contributed by atoms with Crippen molar-refractivity contribution in [3.05, 3.63) is 97.2 Å². The summed E-state index contributed by atoms with van der Waals surface area (Å²) < 4.78 is 39.5. The van der Waals surface area contributed by atoms with Crippen molar-refractivity contribution in [2.24, 2.45) is 0 Å². The predicted molar refractivity (Wildman–Crippen MR) is 249 cm³/mol. The Labute approximate surface area is 370 Å². The first-order valence-electron chi connectivity index (χ1n) is 23.1. The first kappa shape index (κ1) is 55.9. The monoisotopic (exact) mass is 872 g/mol. The van der Waals surface area contributed by atoms with Crippen molar-refractivity contribution < 1.29 is 46.8 Å². The molecule has 1 heterocycles. The number of hydrogen-bond acceptors (Lipinski definition) is 9. The lowest BCUT2D eigenvalue weighted by Crippen LogP contribution is -2.37. The van der Waals surface area contributed by atoms with Crippen molar-refractivity contribution >= 4 is 19.8 Å². The first-order chi connectivity index (χ1) is 29.5. The molecule has 0 saturated carbocycles. The van der Waals surface area contributed by atoms with Crippen molar-refractivity contribution in [3.63, 3.8) is 0 Å². The molecule has 0 aromatic rings. The van der Waals surface area contributed by atoms with Gasteiger partial charge in [0.05, 0.1) is 40.0 Å². The van der Waals surface area contributed by atoms with Crippen LogP contribution in [0.25, 0.3) is 0 Å².